The largest absolute Gasteiger partial charge is 0.478 e. The maximum atomic E-state index is 11.7. The van der Waals surface area contributed by atoms with Crippen molar-refractivity contribution in [1.29, 1.82) is 0 Å². The fraction of sp³-hybridized carbons (Fsp3) is 0.364. The Kier molecular flexibility index (Phi) is 4.77. The van der Waals surface area contributed by atoms with Crippen molar-refractivity contribution in [3.8, 4) is 0 Å². The van der Waals surface area contributed by atoms with E-state index in [0.717, 1.165) is 6.26 Å². The molecule has 0 aliphatic heterocycles. The molecule has 0 aliphatic carbocycles. The number of nitrogens with one attached hydrogen (secondary N) is 1. The van der Waals surface area contributed by atoms with Crippen molar-refractivity contribution >= 4 is 31.5 Å². The zero-order valence-electron chi connectivity index (χ0n) is 11.0. The maximum Gasteiger partial charge on any atom is 0.337 e. The van der Waals surface area contributed by atoms with Crippen LogP contribution in [0.4, 0.5) is 5.69 Å². The molecule has 0 unspecified atom stereocenters. The highest BCUT2D eigenvalue weighted by atomic mass is 32.2. The third kappa shape index (κ3) is 5.17. The molecule has 0 radical (unpaired) electrons. The highest BCUT2D eigenvalue weighted by molar-refractivity contribution is 7.95. The summed E-state index contributed by atoms with van der Waals surface area (Å²) < 4.78 is 47.5. The van der Waals surface area contributed by atoms with Crippen LogP contribution in [0.2, 0.25) is 0 Å². The summed E-state index contributed by atoms with van der Waals surface area (Å²) in [7, 11) is -7.35. The molecule has 0 fully saturated rings. The Balaban J connectivity index is 3.01. The molecule has 0 bridgehead atoms. The lowest BCUT2D eigenvalue weighted by Crippen LogP contribution is -2.23. The Labute approximate surface area is 117 Å². The fourth-order valence-corrected chi connectivity index (χ4v) is 4.11. The van der Waals surface area contributed by atoms with Crippen LogP contribution in [0, 0.1) is 6.92 Å². The van der Waals surface area contributed by atoms with Crippen LogP contribution < -0.4 is 4.72 Å². The minimum Gasteiger partial charge on any atom is -0.478 e. The SMILES string of the molecule is Cc1ccc(NS(=O)(=O)CCS(C)(=O)=O)c(C(=O)O)c1. The van der Waals surface area contributed by atoms with E-state index in [-0.39, 0.29) is 11.3 Å². The number of benzene rings is 1. The van der Waals surface area contributed by atoms with Crippen LogP contribution in [-0.2, 0) is 19.9 Å². The molecule has 0 aromatic heterocycles. The summed E-state index contributed by atoms with van der Waals surface area (Å²) in [6.45, 7) is 1.67. The monoisotopic (exact) mass is 321 g/mol. The molecule has 0 amide bonds. The molecule has 7 nitrogen and oxygen atoms in total. The molecular weight excluding hydrogens is 306 g/mol. The van der Waals surface area contributed by atoms with Gasteiger partial charge in [-0.1, -0.05) is 11.6 Å². The van der Waals surface area contributed by atoms with Crippen molar-refractivity contribution in [2.45, 2.75) is 6.92 Å². The lowest BCUT2D eigenvalue weighted by molar-refractivity contribution is 0.0698. The Morgan fingerprint density at radius 1 is 1.20 bits per heavy atom. The van der Waals surface area contributed by atoms with Gasteiger partial charge in [-0.25, -0.2) is 21.6 Å². The smallest absolute Gasteiger partial charge is 0.337 e. The topological polar surface area (TPSA) is 118 Å². The van der Waals surface area contributed by atoms with Gasteiger partial charge in [-0.2, -0.15) is 0 Å². The summed E-state index contributed by atoms with van der Waals surface area (Å²) in [5, 5.41) is 9.02. The highest BCUT2D eigenvalue weighted by Gasteiger charge is 2.18. The standard InChI is InChI=1S/C11H15NO6S2/c1-8-3-4-10(9(7-8)11(13)14)12-20(17,18)6-5-19(2,15)16/h3-4,7,12H,5-6H2,1-2H3,(H,13,14). The van der Waals surface area contributed by atoms with Gasteiger partial charge in [0.1, 0.15) is 9.84 Å². The van der Waals surface area contributed by atoms with E-state index in [2.05, 4.69) is 4.72 Å². The lowest BCUT2D eigenvalue weighted by atomic mass is 10.1. The lowest BCUT2D eigenvalue weighted by Gasteiger charge is -2.10. The van der Waals surface area contributed by atoms with Crippen molar-refractivity contribution < 1.29 is 26.7 Å². The van der Waals surface area contributed by atoms with Gasteiger partial charge in [-0.05, 0) is 19.1 Å². The number of carboxylic acid groups (broad SMARTS) is 1. The molecule has 1 aromatic carbocycles. The van der Waals surface area contributed by atoms with Crippen LogP contribution in [0.25, 0.3) is 0 Å². The Bertz CT molecular complexity index is 721. The third-order valence-electron chi connectivity index (χ3n) is 2.39. The van der Waals surface area contributed by atoms with Gasteiger partial charge in [0.05, 0.1) is 22.8 Å². The van der Waals surface area contributed by atoms with Crippen molar-refractivity contribution in [2.24, 2.45) is 0 Å². The molecule has 2 N–H and O–H groups in total. The van der Waals surface area contributed by atoms with Crippen LogP contribution in [0.1, 0.15) is 15.9 Å². The number of sulfonamides is 1. The van der Waals surface area contributed by atoms with E-state index in [1.807, 2.05) is 0 Å². The second-order valence-electron chi connectivity index (χ2n) is 4.41. The van der Waals surface area contributed by atoms with Crippen molar-refractivity contribution in [1.82, 2.24) is 0 Å². The van der Waals surface area contributed by atoms with Crippen molar-refractivity contribution in [2.75, 3.05) is 22.5 Å². The molecule has 1 aromatic rings. The Morgan fingerprint density at radius 3 is 2.30 bits per heavy atom. The molecule has 0 aliphatic rings. The number of carboxylic acids is 1. The van der Waals surface area contributed by atoms with Crippen LogP contribution in [0.3, 0.4) is 0 Å². The summed E-state index contributed by atoms with van der Waals surface area (Å²) in [6, 6.07) is 4.22. The van der Waals surface area contributed by atoms with E-state index >= 15 is 0 Å². The van der Waals surface area contributed by atoms with Gasteiger partial charge in [0.25, 0.3) is 0 Å². The average molecular weight is 321 g/mol. The first-order valence-corrected chi connectivity index (χ1v) is 9.23. The fourth-order valence-electron chi connectivity index (χ4n) is 1.40. The number of sulfone groups is 1. The molecular formula is C11H15NO6S2. The molecule has 20 heavy (non-hydrogen) atoms. The molecule has 1 rings (SSSR count). The second kappa shape index (κ2) is 5.80. The minimum atomic E-state index is -3.93. The molecule has 0 spiro atoms. The predicted molar refractivity (Wildman–Crippen MR) is 75.3 cm³/mol. The quantitative estimate of drug-likeness (QED) is 0.787. The molecule has 9 heteroatoms. The van der Waals surface area contributed by atoms with Gasteiger partial charge in [0.2, 0.25) is 10.0 Å². The minimum absolute atomic E-state index is 0.0865. The van der Waals surface area contributed by atoms with Crippen LogP contribution in [-0.4, -0.2) is 45.7 Å². The maximum absolute atomic E-state index is 11.7. The summed E-state index contributed by atoms with van der Waals surface area (Å²) in [6.07, 6.45) is 0.928. The number of anilines is 1. The Hall–Kier alpha value is -1.61. The van der Waals surface area contributed by atoms with Gasteiger partial charge < -0.3 is 5.11 Å². The van der Waals surface area contributed by atoms with Gasteiger partial charge >= 0.3 is 5.97 Å². The summed E-state index contributed by atoms with van der Waals surface area (Å²) in [4.78, 5) is 11.0. The van der Waals surface area contributed by atoms with Crippen LogP contribution in [0.15, 0.2) is 18.2 Å². The first-order chi connectivity index (χ1) is 9.00. The molecule has 0 saturated carbocycles. The van der Waals surface area contributed by atoms with Gasteiger partial charge in [-0.15, -0.1) is 0 Å². The van der Waals surface area contributed by atoms with Crippen LogP contribution in [0.5, 0.6) is 0 Å². The van der Waals surface area contributed by atoms with E-state index in [1.54, 1.807) is 13.0 Å². The Morgan fingerprint density at radius 2 is 1.80 bits per heavy atom. The molecule has 0 saturated heterocycles. The van der Waals surface area contributed by atoms with E-state index in [1.165, 1.54) is 12.1 Å². The zero-order chi connectivity index (χ0) is 15.6. The summed E-state index contributed by atoms with van der Waals surface area (Å²) in [5.41, 5.74) is 0.394. The predicted octanol–water partition coefficient (Wildman–Crippen LogP) is 0.480. The van der Waals surface area contributed by atoms with Gasteiger partial charge in [-0.3, -0.25) is 4.72 Å². The number of hydrogen-bond donors (Lipinski definition) is 2. The third-order valence-corrected chi connectivity index (χ3v) is 4.87. The highest BCUT2D eigenvalue weighted by Crippen LogP contribution is 2.19. The number of aryl methyl sites for hydroxylation is 1. The van der Waals surface area contributed by atoms with E-state index in [0.29, 0.717) is 5.56 Å². The molecule has 112 valence electrons. The number of aromatic carboxylic acids is 1. The normalized spacial score (nSPS) is 12.1. The van der Waals surface area contributed by atoms with Gasteiger partial charge in [0.15, 0.2) is 0 Å². The zero-order valence-corrected chi connectivity index (χ0v) is 12.6. The van der Waals surface area contributed by atoms with Crippen molar-refractivity contribution in [3.63, 3.8) is 0 Å². The first-order valence-electron chi connectivity index (χ1n) is 5.52. The number of carbonyl (C=O) groups is 1. The summed E-state index contributed by atoms with van der Waals surface area (Å²) >= 11 is 0. The van der Waals surface area contributed by atoms with E-state index in [9.17, 15) is 21.6 Å². The molecule has 0 atom stereocenters. The van der Waals surface area contributed by atoms with Crippen molar-refractivity contribution in [3.05, 3.63) is 29.3 Å². The van der Waals surface area contributed by atoms with E-state index < -0.39 is 37.3 Å². The second-order valence-corrected chi connectivity index (χ2v) is 8.51. The van der Waals surface area contributed by atoms with Gasteiger partial charge in [0, 0.05) is 6.26 Å². The summed E-state index contributed by atoms with van der Waals surface area (Å²) in [5.74, 6) is -2.43. The first kappa shape index (κ1) is 16.4. The average Bonchev–Trinajstić information content (AvgIpc) is 2.28. The number of hydrogen-bond acceptors (Lipinski definition) is 5. The molecule has 0 heterocycles. The van der Waals surface area contributed by atoms with E-state index in [4.69, 9.17) is 5.11 Å². The van der Waals surface area contributed by atoms with Crippen LogP contribution >= 0.6 is 0 Å². The number of rotatable bonds is 6.